The Kier molecular flexibility index (Phi) is 3.24. The van der Waals surface area contributed by atoms with Crippen molar-refractivity contribution in [3.05, 3.63) is 35.5 Å². The Bertz CT molecular complexity index is 560. The zero-order chi connectivity index (χ0) is 12.4. The lowest BCUT2D eigenvalue weighted by Crippen LogP contribution is -2.04. The fourth-order valence-electron chi connectivity index (χ4n) is 1.68. The molecule has 0 bridgehead atoms. The van der Waals surface area contributed by atoms with Gasteiger partial charge in [0.1, 0.15) is 0 Å². The Labute approximate surface area is 105 Å². The molecule has 0 unspecified atom stereocenters. The summed E-state index contributed by atoms with van der Waals surface area (Å²) in [6, 6.07) is 8.18. The van der Waals surface area contributed by atoms with E-state index in [9.17, 15) is 4.79 Å². The van der Waals surface area contributed by atoms with Gasteiger partial charge in [0, 0.05) is 6.92 Å². The van der Waals surface area contributed by atoms with E-state index >= 15 is 0 Å². The van der Waals surface area contributed by atoms with Crippen molar-refractivity contribution in [2.75, 3.05) is 5.32 Å². The van der Waals surface area contributed by atoms with Crippen molar-refractivity contribution >= 4 is 22.4 Å². The Morgan fingerprint density at radius 2 is 2.00 bits per heavy atom. The Morgan fingerprint density at radius 1 is 1.29 bits per heavy atom. The summed E-state index contributed by atoms with van der Waals surface area (Å²) in [5.41, 5.74) is 3.35. The zero-order valence-corrected chi connectivity index (χ0v) is 10.9. The third-order valence-corrected chi connectivity index (χ3v) is 3.58. The van der Waals surface area contributed by atoms with Crippen LogP contribution in [0.1, 0.15) is 18.2 Å². The molecule has 2 aromatic rings. The summed E-state index contributed by atoms with van der Waals surface area (Å²) in [6.45, 7) is 5.53. The number of benzene rings is 1. The van der Waals surface area contributed by atoms with Gasteiger partial charge in [-0.2, -0.15) is 0 Å². The van der Waals surface area contributed by atoms with Crippen molar-refractivity contribution in [1.82, 2.24) is 4.98 Å². The minimum absolute atomic E-state index is 0.0879. The molecule has 1 heterocycles. The number of aryl methyl sites for hydroxylation is 2. The number of hydrogen-bond acceptors (Lipinski definition) is 3. The van der Waals surface area contributed by atoms with E-state index in [0.717, 1.165) is 10.6 Å². The normalized spacial score (nSPS) is 10.3. The quantitative estimate of drug-likeness (QED) is 0.882. The van der Waals surface area contributed by atoms with Gasteiger partial charge in [-0.05, 0) is 25.0 Å². The second-order valence-corrected chi connectivity index (χ2v) is 4.93. The number of carbonyl (C=O) groups excluding carboxylic acids is 1. The fourth-order valence-corrected chi connectivity index (χ4v) is 2.78. The second-order valence-electron chi connectivity index (χ2n) is 3.93. The summed E-state index contributed by atoms with van der Waals surface area (Å²) in [5.74, 6) is -0.0879. The number of thiazole rings is 1. The van der Waals surface area contributed by atoms with E-state index in [4.69, 9.17) is 0 Å². The van der Waals surface area contributed by atoms with Gasteiger partial charge in [0.05, 0.1) is 10.6 Å². The van der Waals surface area contributed by atoms with Crippen LogP contribution in [0.15, 0.2) is 24.3 Å². The van der Waals surface area contributed by atoms with Crippen molar-refractivity contribution < 1.29 is 4.79 Å². The summed E-state index contributed by atoms with van der Waals surface area (Å²) in [6.07, 6.45) is 0. The van der Waals surface area contributed by atoms with Crippen molar-refractivity contribution in [3.8, 4) is 10.4 Å². The molecular weight excluding hydrogens is 232 g/mol. The van der Waals surface area contributed by atoms with E-state index in [1.807, 2.05) is 19.1 Å². The molecule has 2 rings (SSSR count). The van der Waals surface area contributed by atoms with Crippen LogP contribution in [0.3, 0.4) is 0 Å². The van der Waals surface area contributed by atoms with Crippen molar-refractivity contribution in [3.63, 3.8) is 0 Å². The van der Waals surface area contributed by atoms with E-state index in [-0.39, 0.29) is 5.91 Å². The lowest BCUT2D eigenvalue weighted by Gasteiger charge is -2.02. The van der Waals surface area contributed by atoms with Gasteiger partial charge in [-0.1, -0.05) is 35.6 Å². The Balaban J connectivity index is 2.43. The van der Waals surface area contributed by atoms with Crippen LogP contribution < -0.4 is 5.32 Å². The minimum atomic E-state index is -0.0879. The minimum Gasteiger partial charge on any atom is -0.302 e. The monoisotopic (exact) mass is 246 g/mol. The first kappa shape index (κ1) is 11.8. The molecule has 1 aromatic carbocycles. The zero-order valence-electron chi connectivity index (χ0n) is 10.1. The third-order valence-electron chi connectivity index (χ3n) is 2.47. The first-order valence-electron chi connectivity index (χ1n) is 5.39. The highest BCUT2D eigenvalue weighted by Gasteiger charge is 2.11. The molecule has 1 aromatic heterocycles. The second kappa shape index (κ2) is 4.67. The number of carbonyl (C=O) groups is 1. The van der Waals surface area contributed by atoms with Gasteiger partial charge in [0.15, 0.2) is 5.13 Å². The fraction of sp³-hybridized carbons (Fsp3) is 0.231. The van der Waals surface area contributed by atoms with Gasteiger partial charge < -0.3 is 5.32 Å². The summed E-state index contributed by atoms with van der Waals surface area (Å²) in [4.78, 5) is 16.5. The number of nitrogens with one attached hydrogen (secondary N) is 1. The molecule has 0 aliphatic heterocycles. The molecule has 0 saturated carbocycles. The van der Waals surface area contributed by atoms with Crippen LogP contribution in [0, 0.1) is 13.8 Å². The van der Waals surface area contributed by atoms with Crippen LogP contribution in [0.4, 0.5) is 5.13 Å². The first-order chi connectivity index (χ1) is 8.08. The van der Waals surface area contributed by atoms with E-state index in [0.29, 0.717) is 5.13 Å². The number of aromatic nitrogens is 1. The maximum absolute atomic E-state index is 11.0. The molecule has 0 spiro atoms. The highest BCUT2D eigenvalue weighted by atomic mass is 32.1. The van der Waals surface area contributed by atoms with Crippen LogP contribution >= 0.6 is 11.3 Å². The van der Waals surface area contributed by atoms with Crippen LogP contribution in [-0.2, 0) is 4.79 Å². The first-order valence-corrected chi connectivity index (χ1v) is 6.20. The van der Waals surface area contributed by atoms with E-state index < -0.39 is 0 Å². The molecule has 4 heteroatoms. The highest BCUT2D eigenvalue weighted by molar-refractivity contribution is 7.19. The van der Waals surface area contributed by atoms with E-state index in [1.54, 1.807) is 0 Å². The molecule has 88 valence electrons. The average Bonchev–Trinajstić information content (AvgIpc) is 2.59. The van der Waals surface area contributed by atoms with Crippen molar-refractivity contribution in [2.45, 2.75) is 20.8 Å². The molecule has 0 aliphatic rings. The van der Waals surface area contributed by atoms with Gasteiger partial charge in [-0.15, -0.1) is 0 Å². The van der Waals surface area contributed by atoms with E-state index in [1.165, 1.54) is 29.4 Å². The van der Waals surface area contributed by atoms with Gasteiger partial charge in [0.25, 0.3) is 0 Å². The number of anilines is 1. The molecule has 0 atom stereocenters. The summed E-state index contributed by atoms with van der Waals surface area (Å²) in [5, 5.41) is 3.38. The predicted molar refractivity (Wildman–Crippen MR) is 71.3 cm³/mol. The molecule has 1 N–H and O–H groups in total. The lowest BCUT2D eigenvalue weighted by atomic mass is 10.1. The van der Waals surface area contributed by atoms with Crippen LogP contribution in [0.5, 0.6) is 0 Å². The highest BCUT2D eigenvalue weighted by Crippen LogP contribution is 2.34. The molecule has 3 nitrogen and oxygen atoms in total. The average molecular weight is 246 g/mol. The summed E-state index contributed by atoms with van der Waals surface area (Å²) < 4.78 is 0. The van der Waals surface area contributed by atoms with Crippen molar-refractivity contribution in [2.24, 2.45) is 0 Å². The summed E-state index contributed by atoms with van der Waals surface area (Å²) >= 11 is 1.51. The standard InChI is InChI=1S/C13H14N2OS/c1-8-6-4-5-7-11(8)12-9(2)14-13(17-12)15-10(3)16/h4-7H,1-3H3,(H,14,15,16). The molecule has 17 heavy (non-hydrogen) atoms. The number of nitrogens with zero attached hydrogens (tertiary/aromatic N) is 1. The topological polar surface area (TPSA) is 42.0 Å². The van der Waals surface area contributed by atoms with Crippen LogP contribution in [0.2, 0.25) is 0 Å². The van der Waals surface area contributed by atoms with E-state index in [2.05, 4.69) is 29.4 Å². The summed E-state index contributed by atoms with van der Waals surface area (Å²) in [7, 11) is 0. The number of rotatable bonds is 2. The SMILES string of the molecule is CC(=O)Nc1nc(C)c(-c2ccccc2C)s1. The lowest BCUT2D eigenvalue weighted by molar-refractivity contribution is -0.114. The largest absolute Gasteiger partial charge is 0.302 e. The molecule has 0 radical (unpaired) electrons. The smallest absolute Gasteiger partial charge is 0.223 e. The maximum Gasteiger partial charge on any atom is 0.223 e. The van der Waals surface area contributed by atoms with Gasteiger partial charge in [-0.25, -0.2) is 4.98 Å². The Hall–Kier alpha value is -1.68. The Morgan fingerprint density at radius 3 is 2.65 bits per heavy atom. The van der Waals surface area contributed by atoms with Crippen LogP contribution in [0.25, 0.3) is 10.4 Å². The van der Waals surface area contributed by atoms with Gasteiger partial charge >= 0.3 is 0 Å². The van der Waals surface area contributed by atoms with Gasteiger partial charge in [-0.3, -0.25) is 4.79 Å². The maximum atomic E-state index is 11.0. The van der Waals surface area contributed by atoms with Gasteiger partial charge in [0.2, 0.25) is 5.91 Å². The van der Waals surface area contributed by atoms with Crippen molar-refractivity contribution in [1.29, 1.82) is 0 Å². The molecule has 0 saturated heterocycles. The third kappa shape index (κ3) is 2.53. The predicted octanol–water partition coefficient (Wildman–Crippen LogP) is 3.39. The number of hydrogen-bond donors (Lipinski definition) is 1. The molecule has 0 fully saturated rings. The molecule has 0 aliphatic carbocycles. The molecule has 1 amide bonds. The van der Waals surface area contributed by atoms with Crippen LogP contribution in [-0.4, -0.2) is 10.9 Å². The molecular formula is C13H14N2OS. The number of amides is 1.